The van der Waals surface area contributed by atoms with Gasteiger partial charge >= 0.3 is 0 Å². The Hall–Kier alpha value is -3.73. The molecular weight excluding hydrogens is 510 g/mol. The molecular formula is C29H35N7O4. The molecule has 4 fully saturated rings. The maximum atomic E-state index is 13.4. The van der Waals surface area contributed by atoms with Crippen LogP contribution in [0.5, 0.6) is 0 Å². The zero-order chi connectivity index (χ0) is 27.8. The first-order chi connectivity index (χ1) is 19.1. The molecule has 2 atom stereocenters. The molecule has 7 rings (SSSR count). The molecule has 11 heteroatoms. The lowest BCUT2D eigenvalue weighted by Crippen LogP contribution is -2.51. The van der Waals surface area contributed by atoms with Gasteiger partial charge in [-0.15, -0.1) is 0 Å². The molecule has 40 heavy (non-hydrogen) atoms. The minimum Gasteiger partial charge on any atom is -0.388 e. The molecule has 2 amide bonds. The van der Waals surface area contributed by atoms with Gasteiger partial charge in [-0.2, -0.15) is 5.10 Å². The van der Waals surface area contributed by atoms with E-state index in [1.54, 1.807) is 11.6 Å². The van der Waals surface area contributed by atoms with Gasteiger partial charge in [0.1, 0.15) is 11.7 Å². The highest BCUT2D eigenvalue weighted by Crippen LogP contribution is 2.47. The van der Waals surface area contributed by atoms with Crippen LogP contribution < -0.4 is 10.5 Å². The Bertz CT molecular complexity index is 1570. The lowest BCUT2D eigenvalue weighted by molar-refractivity contribution is -0.141. The number of fused-ring (bicyclic) bond motifs is 3. The molecule has 3 aromatic rings. The molecule has 1 aliphatic carbocycles. The number of anilines is 1. The van der Waals surface area contributed by atoms with Crippen molar-refractivity contribution in [2.24, 2.45) is 5.41 Å². The third-order valence-electron chi connectivity index (χ3n) is 9.57. The summed E-state index contributed by atoms with van der Waals surface area (Å²) in [4.78, 5) is 48.8. The number of amides is 2. The molecule has 0 unspecified atom stereocenters. The molecule has 210 valence electrons. The Kier molecular flexibility index (Phi) is 5.61. The van der Waals surface area contributed by atoms with Crippen molar-refractivity contribution in [3.05, 3.63) is 47.1 Å². The lowest BCUT2D eigenvalue weighted by Gasteiger charge is -2.39. The van der Waals surface area contributed by atoms with Crippen molar-refractivity contribution >= 4 is 28.5 Å². The van der Waals surface area contributed by atoms with Crippen LogP contribution in [-0.4, -0.2) is 89.9 Å². The van der Waals surface area contributed by atoms with Crippen LogP contribution in [0.15, 0.2) is 41.6 Å². The number of benzene rings is 1. The highest BCUT2D eigenvalue weighted by Gasteiger charge is 2.48. The second kappa shape index (κ2) is 8.89. The summed E-state index contributed by atoms with van der Waals surface area (Å²) in [5.74, 6) is 0.317. The quantitative estimate of drug-likeness (QED) is 0.517. The molecule has 2 bridgehead atoms. The van der Waals surface area contributed by atoms with E-state index in [0.717, 1.165) is 43.7 Å². The van der Waals surface area contributed by atoms with E-state index in [1.165, 1.54) is 17.1 Å². The fourth-order valence-corrected chi connectivity index (χ4v) is 6.81. The Morgan fingerprint density at radius 1 is 1.07 bits per heavy atom. The molecule has 4 aliphatic rings. The van der Waals surface area contributed by atoms with Crippen molar-refractivity contribution in [3.8, 4) is 5.69 Å². The zero-order valence-corrected chi connectivity index (χ0v) is 23.0. The fraction of sp³-hybridized carbons (Fsp3) is 0.552. The van der Waals surface area contributed by atoms with Crippen LogP contribution in [0, 0.1) is 5.41 Å². The molecule has 5 heterocycles. The minimum absolute atomic E-state index is 0.129. The Morgan fingerprint density at radius 2 is 1.82 bits per heavy atom. The third kappa shape index (κ3) is 4.09. The van der Waals surface area contributed by atoms with Crippen LogP contribution in [0.4, 0.5) is 5.69 Å². The van der Waals surface area contributed by atoms with E-state index in [1.807, 2.05) is 28.9 Å². The summed E-state index contributed by atoms with van der Waals surface area (Å²) < 4.78 is 3.14. The van der Waals surface area contributed by atoms with E-state index in [2.05, 4.69) is 27.1 Å². The number of aliphatic hydroxyl groups is 1. The number of rotatable bonds is 5. The zero-order valence-electron chi connectivity index (χ0n) is 23.0. The van der Waals surface area contributed by atoms with Gasteiger partial charge in [0.2, 0.25) is 11.8 Å². The van der Waals surface area contributed by atoms with E-state index in [9.17, 15) is 19.5 Å². The van der Waals surface area contributed by atoms with Gasteiger partial charge in [-0.3, -0.25) is 19.0 Å². The first kappa shape index (κ1) is 25.3. The highest BCUT2D eigenvalue weighted by atomic mass is 16.3. The van der Waals surface area contributed by atoms with Crippen LogP contribution in [0.2, 0.25) is 0 Å². The first-order valence-electron chi connectivity index (χ1n) is 14.2. The van der Waals surface area contributed by atoms with Gasteiger partial charge in [-0.05, 0) is 50.3 Å². The van der Waals surface area contributed by atoms with E-state index in [-0.39, 0.29) is 35.4 Å². The van der Waals surface area contributed by atoms with Gasteiger partial charge in [0.15, 0.2) is 5.65 Å². The number of carbonyl (C=O) groups excluding carboxylic acids is 2. The van der Waals surface area contributed by atoms with Gasteiger partial charge < -0.3 is 19.8 Å². The van der Waals surface area contributed by atoms with Crippen molar-refractivity contribution in [1.82, 2.24) is 29.1 Å². The summed E-state index contributed by atoms with van der Waals surface area (Å²) in [5.41, 5.74) is 0.806. The standard InChI is InChI=1S/C29H35N7O4/c1-19(37)34-15-23-13-22(34)16-35(23)20-4-3-5-21(12-20)36-25-24(14-31-36)26(38)33(18-30-25)17-29(40)8-10-32(11-9-29)27(39)28(2)6-7-28/h3-5,12,14,18,22-23,40H,6-11,13,15-17H2,1-2H3/t22-,23-/m1/s1. The van der Waals surface area contributed by atoms with E-state index >= 15 is 0 Å². The topological polar surface area (TPSA) is 117 Å². The summed E-state index contributed by atoms with van der Waals surface area (Å²) in [7, 11) is 0. The van der Waals surface area contributed by atoms with Crippen molar-refractivity contribution in [2.75, 3.05) is 31.1 Å². The monoisotopic (exact) mass is 545 g/mol. The second-order valence-corrected chi connectivity index (χ2v) is 12.4. The average molecular weight is 546 g/mol. The van der Waals surface area contributed by atoms with Crippen molar-refractivity contribution in [1.29, 1.82) is 0 Å². The summed E-state index contributed by atoms with van der Waals surface area (Å²) >= 11 is 0. The number of likely N-dealkylation sites (tertiary alicyclic amines) is 2. The van der Waals surface area contributed by atoms with E-state index < -0.39 is 5.60 Å². The van der Waals surface area contributed by atoms with Crippen LogP contribution in [-0.2, 0) is 16.1 Å². The number of carbonyl (C=O) groups is 2. The molecule has 3 saturated heterocycles. The number of aromatic nitrogens is 4. The highest BCUT2D eigenvalue weighted by molar-refractivity contribution is 5.85. The second-order valence-electron chi connectivity index (χ2n) is 12.4. The lowest BCUT2D eigenvalue weighted by atomic mass is 9.90. The smallest absolute Gasteiger partial charge is 0.264 e. The maximum absolute atomic E-state index is 13.4. The van der Waals surface area contributed by atoms with Gasteiger partial charge in [-0.1, -0.05) is 13.0 Å². The Morgan fingerprint density at radius 3 is 2.50 bits per heavy atom. The summed E-state index contributed by atoms with van der Waals surface area (Å²) in [5, 5.41) is 16.2. The molecule has 1 N–H and O–H groups in total. The van der Waals surface area contributed by atoms with Gasteiger partial charge in [-0.25, -0.2) is 9.67 Å². The van der Waals surface area contributed by atoms with Crippen LogP contribution >= 0.6 is 0 Å². The van der Waals surface area contributed by atoms with Gasteiger partial charge in [0.05, 0.1) is 30.1 Å². The van der Waals surface area contributed by atoms with Crippen LogP contribution in [0.25, 0.3) is 16.7 Å². The first-order valence-corrected chi connectivity index (χ1v) is 14.2. The van der Waals surface area contributed by atoms with Crippen LogP contribution in [0.3, 0.4) is 0 Å². The SMILES string of the molecule is CC(=O)N1C[C@H]2C[C@@H]1CN2c1cccc(-n2ncc3c(=O)n(CC4(O)CCN(C(=O)C5(C)CC5)CC4)cnc32)c1. The summed E-state index contributed by atoms with van der Waals surface area (Å²) in [6.45, 7) is 6.32. The number of hydrogen-bond donors (Lipinski definition) is 1. The molecule has 2 aromatic heterocycles. The van der Waals surface area contributed by atoms with E-state index in [4.69, 9.17) is 0 Å². The molecule has 1 saturated carbocycles. The minimum atomic E-state index is -1.07. The Labute approximate surface area is 232 Å². The number of nitrogens with zero attached hydrogens (tertiary/aromatic N) is 7. The van der Waals surface area contributed by atoms with Gasteiger partial charge in [0.25, 0.3) is 5.56 Å². The van der Waals surface area contributed by atoms with E-state index in [0.29, 0.717) is 43.0 Å². The average Bonchev–Trinajstić information content (AvgIpc) is 3.28. The molecule has 0 radical (unpaired) electrons. The number of hydrogen-bond acceptors (Lipinski definition) is 7. The van der Waals surface area contributed by atoms with Crippen LogP contribution in [0.1, 0.15) is 46.0 Å². The Balaban J connectivity index is 1.09. The summed E-state index contributed by atoms with van der Waals surface area (Å²) in [6.07, 6.45) is 6.73. The predicted molar refractivity (Wildman–Crippen MR) is 148 cm³/mol. The third-order valence-corrected chi connectivity index (χ3v) is 9.57. The molecule has 3 aliphatic heterocycles. The fourth-order valence-electron chi connectivity index (χ4n) is 6.81. The molecule has 0 spiro atoms. The normalized spacial score (nSPS) is 24.6. The summed E-state index contributed by atoms with van der Waals surface area (Å²) in [6, 6.07) is 8.60. The van der Waals surface area contributed by atoms with Crippen molar-refractivity contribution in [2.45, 2.75) is 70.2 Å². The van der Waals surface area contributed by atoms with Crippen molar-refractivity contribution < 1.29 is 14.7 Å². The van der Waals surface area contributed by atoms with Gasteiger partial charge in [0, 0.05) is 50.2 Å². The van der Waals surface area contributed by atoms with Crippen molar-refractivity contribution in [3.63, 3.8) is 0 Å². The largest absolute Gasteiger partial charge is 0.388 e. The number of piperidine rings is 1. The molecule has 1 aromatic carbocycles. The maximum Gasteiger partial charge on any atom is 0.264 e. The predicted octanol–water partition coefficient (Wildman–Crippen LogP) is 1.55. The molecule has 11 nitrogen and oxygen atoms in total. The number of piperazine rings is 1.